The lowest BCUT2D eigenvalue weighted by Crippen LogP contribution is -2.49. The van der Waals surface area contributed by atoms with Gasteiger partial charge in [-0.25, -0.2) is 0 Å². The average Bonchev–Trinajstić information content (AvgIpc) is 2.49. The number of benzene rings is 1. The molecule has 1 aromatic rings. The number of nitrogens with one attached hydrogen (secondary N) is 2. The summed E-state index contributed by atoms with van der Waals surface area (Å²) in [6.07, 6.45) is 0.830. The zero-order chi connectivity index (χ0) is 16.4. The summed E-state index contributed by atoms with van der Waals surface area (Å²) in [5.41, 5.74) is 2.61. The van der Waals surface area contributed by atoms with E-state index in [1.807, 2.05) is 0 Å². The highest BCUT2D eigenvalue weighted by Gasteiger charge is 2.09. The summed E-state index contributed by atoms with van der Waals surface area (Å²) in [5, 5.41) is 5.42. The van der Waals surface area contributed by atoms with Crippen LogP contribution in [-0.4, -0.2) is 49.9 Å². The van der Waals surface area contributed by atoms with Gasteiger partial charge in [0.1, 0.15) is 5.75 Å². The second-order valence-corrected chi connectivity index (χ2v) is 5.24. The van der Waals surface area contributed by atoms with Crippen LogP contribution in [0.5, 0.6) is 5.75 Å². The third-order valence-corrected chi connectivity index (χ3v) is 3.22. The lowest BCUT2D eigenvalue weighted by molar-refractivity contribution is -0.126. The number of hydrogen-bond acceptors (Lipinski definition) is 4. The number of amides is 1. The fraction of sp³-hybridized carbons (Fsp3) is 0.429. The van der Waals surface area contributed by atoms with Gasteiger partial charge < -0.3 is 14.8 Å². The first-order valence-corrected chi connectivity index (χ1v) is 7.50. The number of hydrazine groups is 1. The first-order valence-electron chi connectivity index (χ1n) is 6.71. The van der Waals surface area contributed by atoms with E-state index < -0.39 is 0 Å². The van der Waals surface area contributed by atoms with Crippen molar-refractivity contribution in [1.82, 2.24) is 15.8 Å². The predicted octanol–water partition coefficient (Wildman–Crippen LogP) is 1.59. The van der Waals surface area contributed by atoms with E-state index in [2.05, 4.69) is 10.7 Å². The molecule has 0 saturated carbocycles. The number of thiocarbonyl (C=S) groups is 1. The van der Waals surface area contributed by atoms with E-state index in [1.54, 1.807) is 38.4 Å². The Labute approximate surface area is 140 Å². The molecular formula is C14H20ClN3O3S. The highest BCUT2D eigenvalue weighted by molar-refractivity contribution is 7.80. The molecule has 1 rings (SSSR count). The van der Waals surface area contributed by atoms with E-state index in [0.717, 1.165) is 6.42 Å². The van der Waals surface area contributed by atoms with Crippen LogP contribution in [0, 0.1) is 0 Å². The van der Waals surface area contributed by atoms with Crippen molar-refractivity contribution in [2.24, 2.45) is 0 Å². The maximum Gasteiger partial charge on any atom is 0.276 e. The number of halogens is 1. The van der Waals surface area contributed by atoms with Crippen LogP contribution in [0.25, 0.3) is 0 Å². The molecule has 0 unspecified atom stereocenters. The van der Waals surface area contributed by atoms with Crippen molar-refractivity contribution < 1.29 is 14.3 Å². The van der Waals surface area contributed by atoms with Crippen molar-refractivity contribution in [2.45, 2.75) is 6.42 Å². The van der Waals surface area contributed by atoms with Crippen molar-refractivity contribution in [3.8, 4) is 5.75 Å². The van der Waals surface area contributed by atoms with Gasteiger partial charge in [0.05, 0.1) is 0 Å². The molecule has 0 aliphatic rings. The highest BCUT2D eigenvalue weighted by Crippen LogP contribution is 2.16. The van der Waals surface area contributed by atoms with E-state index in [9.17, 15) is 4.79 Å². The minimum Gasteiger partial charge on any atom is -0.484 e. The summed E-state index contributed by atoms with van der Waals surface area (Å²) < 4.78 is 10.3. The molecule has 0 saturated heterocycles. The van der Waals surface area contributed by atoms with Crippen molar-refractivity contribution in [2.75, 3.05) is 33.9 Å². The van der Waals surface area contributed by atoms with Gasteiger partial charge in [0, 0.05) is 32.3 Å². The molecule has 0 fully saturated rings. The molecule has 0 aliphatic heterocycles. The summed E-state index contributed by atoms with van der Waals surface area (Å²) in [7, 11) is 3.30. The Balaban J connectivity index is 2.27. The smallest absolute Gasteiger partial charge is 0.276 e. The summed E-state index contributed by atoms with van der Waals surface area (Å²) in [4.78, 5) is 11.8. The Hall–Kier alpha value is -1.57. The number of carbonyl (C=O) groups is 1. The maximum atomic E-state index is 11.8. The van der Waals surface area contributed by atoms with Crippen molar-refractivity contribution in [3.05, 3.63) is 29.3 Å². The molecule has 1 aromatic carbocycles. The summed E-state index contributed by atoms with van der Waals surface area (Å²) >= 11 is 11.0. The van der Waals surface area contributed by atoms with Crippen LogP contribution < -0.4 is 15.5 Å². The second kappa shape index (κ2) is 10.2. The molecule has 122 valence electrons. The Kier molecular flexibility index (Phi) is 8.57. The monoisotopic (exact) mass is 345 g/mol. The number of carbonyl (C=O) groups excluding carboxylic acids is 1. The van der Waals surface area contributed by atoms with Crippen LogP contribution in [0.2, 0.25) is 5.02 Å². The molecule has 0 atom stereocenters. The SMILES string of the molecule is COCCCNC(=S)N(C)NC(=O)COc1cccc(Cl)c1. The lowest BCUT2D eigenvalue weighted by atomic mass is 10.3. The highest BCUT2D eigenvalue weighted by atomic mass is 35.5. The molecule has 0 aliphatic carbocycles. The van der Waals surface area contributed by atoms with Gasteiger partial charge in [0.15, 0.2) is 11.7 Å². The predicted molar refractivity (Wildman–Crippen MR) is 89.9 cm³/mol. The number of rotatable bonds is 7. The summed E-state index contributed by atoms with van der Waals surface area (Å²) in [6.45, 7) is 1.20. The van der Waals surface area contributed by atoms with E-state index in [-0.39, 0.29) is 12.5 Å². The molecule has 2 N–H and O–H groups in total. The van der Waals surface area contributed by atoms with Crippen molar-refractivity contribution in [3.63, 3.8) is 0 Å². The first-order chi connectivity index (χ1) is 10.5. The quantitative estimate of drug-likeness (QED) is 0.444. The fourth-order valence-corrected chi connectivity index (χ4v) is 1.83. The van der Waals surface area contributed by atoms with Gasteiger partial charge in [-0.2, -0.15) is 0 Å². The van der Waals surface area contributed by atoms with Gasteiger partial charge in [0.25, 0.3) is 5.91 Å². The van der Waals surface area contributed by atoms with Crippen LogP contribution >= 0.6 is 23.8 Å². The average molecular weight is 346 g/mol. The maximum absolute atomic E-state index is 11.8. The van der Waals surface area contributed by atoms with E-state index in [0.29, 0.717) is 29.0 Å². The van der Waals surface area contributed by atoms with E-state index in [4.69, 9.17) is 33.3 Å². The molecule has 0 heterocycles. The Morgan fingerprint density at radius 1 is 1.45 bits per heavy atom. The number of methoxy groups -OCH3 is 1. The van der Waals surface area contributed by atoms with Gasteiger partial charge in [-0.05, 0) is 36.8 Å². The molecule has 6 nitrogen and oxygen atoms in total. The third kappa shape index (κ3) is 7.44. The molecule has 0 spiro atoms. The largest absolute Gasteiger partial charge is 0.484 e. The van der Waals surface area contributed by atoms with Gasteiger partial charge >= 0.3 is 0 Å². The molecule has 1 amide bonds. The summed E-state index contributed by atoms with van der Waals surface area (Å²) in [6, 6.07) is 6.85. The Morgan fingerprint density at radius 3 is 2.91 bits per heavy atom. The van der Waals surface area contributed by atoms with Crippen LogP contribution in [0.4, 0.5) is 0 Å². The van der Waals surface area contributed by atoms with Gasteiger partial charge in [-0.15, -0.1) is 0 Å². The first kappa shape index (κ1) is 18.5. The zero-order valence-corrected chi connectivity index (χ0v) is 14.2. The minimum atomic E-state index is -0.316. The molecule has 22 heavy (non-hydrogen) atoms. The van der Waals surface area contributed by atoms with Crippen LogP contribution in [0.1, 0.15) is 6.42 Å². The minimum absolute atomic E-state index is 0.128. The van der Waals surface area contributed by atoms with E-state index >= 15 is 0 Å². The van der Waals surface area contributed by atoms with Gasteiger partial charge in [0.2, 0.25) is 0 Å². The Bertz CT molecular complexity index is 502. The Morgan fingerprint density at radius 2 is 2.23 bits per heavy atom. The molecule has 0 aromatic heterocycles. The molecule has 8 heteroatoms. The van der Waals surface area contributed by atoms with E-state index in [1.165, 1.54) is 5.01 Å². The zero-order valence-electron chi connectivity index (χ0n) is 12.6. The number of ether oxygens (including phenoxy) is 2. The van der Waals surface area contributed by atoms with Crippen molar-refractivity contribution in [1.29, 1.82) is 0 Å². The fourth-order valence-electron chi connectivity index (χ4n) is 1.51. The molecule has 0 radical (unpaired) electrons. The van der Waals surface area contributed by atoms with Crippen LogP contribution in [0.15, 0.2) is 24.3 Å². The topological polar surface area (TPSA) is 62.8 Å². The summed E-state index contributed by atoms with van der Waals surface area (Å²) in [5.74, 6) is 0.217. The molecule has 0 bridgehead atoms. The normalized spacial score (nSPS) is 9.95. The van der Waals surface area contributed by atoms with Gasteiger partial charge in [-0.3, -0.25) is 15.2 Å². The van der Waals surface area contributed by atoms with Crippen LogP contribution in [0.3, 0.4) is 0 Å². The molecular weight excluding hydrogens is 326 g/mol. The lowest BCUT2D eigenvalue weighted by Gasteiger charge is -2.21. The van der Waals surface area contributed by atoms with Crippen LogP contribution in [-0.2, 0) is 9.53 Å². The third-order valence-electron chi connectivity index (χ3n) is 2.56. The second-order valence-electron chi connectivity index (χ2n) is 4.42. The number of nitrogens with zero attached hydrogens (tertiary/aromatic N) is 1. The van der Waals surface area contributed by atoms with Gasteiger partial charge in [-0.1, -0.05) is 17.7 Å². The standard InChI is InChI=1S/C14H20ClN3O3S/c1-18(14(22)16-7-4-8-20-2)17-13(19)10-21-12-6-3-5-11(15)9-12/h3,5-6,9H,4,7-8,10H2,1-2H3,(H,16,22)(H,17,19). The van der Waals surface area contributed by atoms with Crippen molar-refractivity contribution >= 4 is 34.8 Å². The number of hydrogen-bond donors (Lipinski definition) is 2.